The Morgan fingerprint density at radius 1 is 0.929 bits per heavy atom. The molecule has 2 heterocycles. The smallest absolute Gasteiger partial charge is 0.0945 e. The zero-order valence-electron chi connectivity index (χ0n) is 16.6. The van der Waals surface area contributed by atoms with Gasteiger partial charge >= 0.3 is 0 Å². The average molecular weight is 411 g/mol. The highest BCUT2D eigenvalue weighted by molar-refractivity contribution is 6.30. The van der Waals surface area contributed by atoms with E-state index in [0.717, 1.165) is 22.8 Å². The van der Waals surface area contributed by atoms with Gasteiger partial charge < -0.3 is 4.57 Å². The molecular formula is C24H24Cl2N2. The van der Waals surface area contributed by atoms with E-state index in [1.54, 1.807) is 0 Å². The topological polar surface area (TPSA) is 17.8 Å². The number of aromatic nitrogens is 2. The molecule has 0 amide bonds. The number of hydrogen-bond donors (Lipinski definition) is 0. The van der Waals surface area contributed by atoms with Gasteiger partial charge in [-0.1, -0.05) is 47.5 Å². The van der Waals surface area contributed by atoms with Crippen LogP contribution in [0.15, 0.2) is 54.7 Å². The highest BCUT2D eigenvalue weighted by Crippen LogP contribution is 2.33. The summed E-state index contributed by atoms with van der Waals surface area (Å²) in [6.45, 7) is 9.57. The first kappa shape index (κ1) is 20.4. The van der Waals surface area contributed by atoms with E-state index in [1.807, 2.05) is 30.5 Å². The van der Waals surface area contributed by atoms with Crippen molar-refractivity contribution in [3.05, 3.63) is 87.7 Å². The van der Waals surface area contributed by atoms with E-state index in [-0.39, 0.29) is 12.4 Å². The molecule has 0 aliphatic carbocycles. The van der Waals surface area contributed by atoms with Gasteiger partial charge in [0.05, 0.1) is 11.2 Å². The van der Waals surface area contributed by atoms with Crippen LogP contribution in [0, 0.1) is 27.7 Å². The normalized spacial score (nSPS) is 10.9. The van der Waals surface area contributed by atoms with Gasteiger partial charge in [0.2, 0.25) is 0 Å². The summed E-state index contributed by atoms with van der Waals surface area (Å²) in [6.07, 6.45) is 1.90. The van der Waals surface area contributed by atoms with E-state index in [9.17, 15) is 0 Å². The van der Waals surface area contributed by atoms with Crippen LogP contribution in [0.3, 0.4) is 0 Å². The Morgan fingerprint density at radius 2 is 1.64 bits per heavy atom. The average Bonchev–Trinajstić information content (AvgIpc) is 2.90. The first-order valence-electron chi connectivity index (χ1n) is 9.22. The second-order valence-corrected chi connectivity index (χ2v) is 7.73. The number of aryl methyl sites for hydroxylation is 3. The molecule has 0 saturated heterocycles. The minimum absolute atomic E-state index is 0. The number of rotatable bonds is 3. The molecule has 0 bridgehead atoms. The van der Waals surface area contributed by atoms with E-state index in [0.29, 0.717) is 0 Å². The Kier molecular flexibility index (Phi) is 5.83. The number of hydrogen-bond acceptors (Lipinski definition) is 1. The third-order valence-electron chi connectivity index (χ3n) is 5.50. The summed E-state index contributed by atoms with van der Waals surface area (Å²) in [7, 11) is 0. The molecule has 2 aromatic heterocycles. The third-order valence-corrected chi connectivity index (χ3v) is 5.75. The molecule has 0 spiro atoms. The molecule has 2 aromatic carbocycles. The minimum Gasteiger partial charge on any atom is -0.338 e. The van der Waals surface area contributed by atoms with Crippen molar-refractivity contribution in [2.75, 3.05) is 0 Å². The Morgan fingerprint density at radius 3 is 2.36 bits per heavy atom. The van der Waals surface area contributed by atoms with Crippen LogP contribution in [0.4, 0.5) is 0 Å². The van der Waals surface area contributed by atoms with Crippen molar-refractivity contribution < 1.29 is 0 Å². The van der Waals surface area contributed by atoms with E-state index in [2.05, 4.69) is 56.5 Å². The monoisotopic (exact) mass is 410 g/mol. The van der Waals surface area contributed by atoms with Crippen molar-refractivity contribution >= 4 is 34.9 Å². The van der Waals surface area contributed by atoms with Crippen molar-refractivity contribution in [3.63, 3.8) is 0 Å². The van der Waals surface area contributed by atoms with Gasteiger partial charge in [0.15, 0.2) is 0 Å². The highest BCUT2D eigenvalue weighted by atomic mass is 35.5. The van der Waals surface area contributed by atoms with Crippen LogP contribution in [0.2, 0.25) is 5.02 Å². The van der Waals surface area contributed by atoms with Crippen molar-refractivity contribution in [2.24, 2.45) is 0 Å². The SMILES string of the molecule is Cc1ccc(C)c(Cn2c(C)c(C)c3ccnc(-c4ccc(Cl)cc4)c32)c1.Cl. The third kappa shape index (κ3) is 3.55. The van der Waals surface area contributed by atoms with Crippen LogP contribution in [0.1, 0.15) is 27.9 Å². The van der Waals surface area contributed by atoms with Crippen LogP contribution >= 0.6 is 24.0 Å². The Hall–Kier alpha value is -2.29. The Labute approximate surface area is 177 Å². The lowest BCUT2D eigenvalue weighted by atomic mass is 10.1. The van der Waals surface area contributed by atoms with Crippen LogP contribution in [-0.4, -0.2) is 9.55 Å². The van der Waals surface area contributed by atoms with Gasteiger partial charge in [-0.15, -0.1) is 12.4 Å². The molecule has 0 N–H and O–H groups in total. The number of halogens is 2. The van der Waals surface area contributed by atoms with E-state index >= 15 is 0 Å². The lowest BCUT2D eigenvalue weighted by Crippen LogP contribution is -2.05. The lowest BCUT2D eigenvalue weighted by Gasteiger charge is -2.14. The van der Waals surface area contributed by atoms with Gasteiger partial charge in [-0.25, -0.2) is 0 Å². The molecule has 4 rings (SSSR count). The predicted molar refractivity (Wildman–Crippen MR) is 122 cm³/mol. The van der Waals surface area contributed by atoms with Crippen molar-refractivity contribution in [1.82, 2.24) is 9.55 Å². The van der Waals surface area contributed by atoms with Crippen molar-refractivity contribution in [1.29, 1.82) is 0 Å². The molecule has 0 fully saturated rings. The second-order valence-electron chi connectivity index (χ2n) is 7.29. The number of pyridine rings is 1. The fourth-order valence-electron chi connectivity index (χ4n) is 3.75. The molecule has 0 radical (unpaired) electrons. The maximum atomic E-state index is 6.09. The van der Waals surface area contributed by atoms with E-state index in [1.165, 1.54) is 38.9 Å². The summed E-state index contributed by atoms with van der Waals surface area (Å²) in [5.41, 5.74) is 9.84. The van der Waals surface area contributed by atoms with Gasteiger partial charge in [0, 0.05) is 34.4 Å². The van der Waals surface area contributed by atoms with Crippen LogP contribution in [0.5, 0.6) is 0 Å². The fourth-order valence-corrected chi connectivity index (χ4v) is 3.88. The molecule has 0 unspecified atom stereocenters. The zero-order valence-corrected chi connectivity index (χ0v) is 18.2. The number of benzene rings is 2. The highest BCUT2D eigenvalue weighted by Gasteiger charge is 2.17. The maximum Gasteiger partial charge on any atom is 0.0945 e. The van der Waals surface area contributed by atoms with Crippen LogP contribution in [-0.2, 0) is 6.54 Å². The Bertz CT molecular complexity index is 1140. The fraction of sp³-hybridized carbons (Fsp3) is 0.208. The summed E-state index contributed by atoms with van der Waals surface area (Å²) < 4.78 is 2.41. The molecule has 0 atom stereocenters. The van der Waals surface area contributed by atoms with Crippen molar-refractivity contribution in [3.8, 4) is 11.3 Å². The standard InChI is InChI=1S/C24H23ClN2.ClH/c1-15-5-6-16(2)20(13-15)14-27-18(4)17(3)22-11-12-26-23(24(22)27)19-7-9-21(25)10-8-19;/h5-13H,14H2,1-4H3;1H. The van der Waals surface area contributed by atoms with Gasteiger partial charge in [0.1, 0.15) is 0 Å². The van der Waals surface area contributed by atoms with Gasteiger partial charge in [-0.2, -0.15) is 0 Å². The molecule has 144 valence electrons. The van der Waals surface area contributed by atoms with E-state index < -0.39 is 0 Å². The van der Waals surface area contributed by atoms with Crippen LogP contribution in [0.25, 0.3) is 22.2 Å². The Balaban J connectivity index is 0.00000225. The van der Waals surface area contributed by atoms with Crippen LogP contribution < -0.4 is 0 Å². The van der Waals surface area contributed by atoms with Gasteiger partial charge in [-0.05, 0) is 62.6 Å². The van der Waals surface area contributed by atoms with E-state index in [4.69, 9.17) is 16.6 Å². The molecular weight excluding hydrogens is 387 g/mol. The summed E-state index contributed by atoms with van der Waals surface area (Å²) in [5, 5.41) is 2.00. The molecule has 4 heteroatoms. The minimum atomic E-state index is 0. The summed E-state index contributed by atoms with van der Waals surface area (Å²) in [4.78, 5) is 4.74. The van der Waals surface area contributed by atoms with Gasteiger partial charge in [-0.3, -0.25) is 4.98 Å². The largest absolute Gasteiger partial charge is 0.338 e. The summed E-state index contributed by atoms with van der Waals surface area (Å²) in [6, 6.07) is 16.7. The molecule has 0 aliphatic heterocycles. The molecule has 28 heavy (non-hydrogen) atoms. The van der Waals surface area contributed by atoms with Gasteiger partial charge in [0.25, 0.3) is 0 Å². The summed E-state index contributed by atoms with van der Waals surface area (Å²) in [5.74, 6) is 0. The molecule has 0 aliphatic rings. The second kappa shape index (κ2) is 7.98. The summed E-state index contributed by atoms with van der Waals surface area (Å²) >= 11 is 6.09. The first-order chi connectivity index (χ1) is 13.0. The molecule has 4 aromatic rings. The predicted octanol–water partition coefficient (Wildman–Crippen LogP) is 7.06. The quantitative estimate of drug-likeness (QED) is 0.353. The molecule has 2 nitrogen and oxygen atoms in total. The number of fused-ring (bicyclic) bond motifs is 1. The first-order valence-corrected chi connectivity index (χ1v) is 9.60. The molecule has 0 saturated carbocycles. The lowest BCUT2D eigenvalue weighted by molar-refractivity contribution is 0.794. The van der Waals surface area contributed by atoms with Crippen molar-refractivity contribution in [2.45, 2.75) is 34.2 Å². The number of nitrogens with zero attached hydrogens (tertiary/aromatic N) is 2. The zero-order chi connectivity index (χ0) is 19.1. The maximum absolute atomic E-state index is 6.09.